The number of benzene rings is 3. The maximum absolute atomic E-state index is 13.6. The van der Waals surface area contributed by atoms with Crippen molar-refractivity contribution in [3.8, 4) is 5.75 Å². The van der Waals surface area contributed by atoms with Gasteiger partial charge in [0.15, 0.2) is 5.43 Å². The number of ether oxygens (including phenoxy) is 1. The van der Waals surface area contributed by atoms with Gasteiger partial charge in [0.25, 0.3) is 5.91 Å². The number of carbonyl (C=O) groups excluding carboxylic acids is 1. The fourth-order valence-electron chi connectivity index (χ4n) is 4.33. The molecule has 8 nitrogen and oxygen atoms in total. The molecular formula is C27H23N3O5S. The summed E-state index contributed by atoms with van der Waals surface area (Å²) in [6, 6.07) is 14.2. The van der Waals surface area contributed by atoms with Gasteiger partial charge in [0.1, 0.15) is 5.75 Å². The Morgan fingerprint density at radius 3 is 2.47 bits per heavy atom. The summed E-state index contributed by atoms with van der Waals surface area (Å²) in [7, 11) is 0.777. The SMILES string of the molecule is COc1ccc2c(=O)c3cnc4c(C)cc(S(=O)(=O)c5cccc(C(=O)N(C)C)c5)cc4c3[nH]c2c1. The molecule has 0 aliphatic carbocycles. The molecule has 5 rings (SSSR count). The number of amides is 1. The molecule has 9 heteroatoms. The summed E-state index contributed by atoms with van der Waals surface area (Å²) in [5.74, 6) is 0.291. The van der Waals surface area contributed by atoms with Crippen LogP contribution in [-0.4, -0.2) is 50.4 Å². The lowest BCUT2D eigenvalue weighted by Crippen LogP contribution is -2.21. The molecule has 0 atom stereocenters. The molecule has 0 saturated carbocycles. The van der Waals surface area contributed by atoms with Crippen LogP contribution in [0.3, 0.4) is 0 Å². The van der Waals surface area contributed by atoms with Crippen molar-refractivity contribution in [1.82, 2.24) is 14.9 Å². The van der Waals surface area contributed by atoms with Crippen LogP contribution in [-0.2, 0) is 9.84 Å². The highest BCUT2D eigenvalue weighted by Crippen LogP contribution is 2.31. The van der Waals surface area contributed by atoms with Crippen molar-refractivity contribution >= 4 is 48.5 Å². The molecule has 0 fully saturated rings. The van der Waals surface area contributed by atoms with Gasteiger partial charge in [-0.25, -0.2) is 8.42 Å². The molecule has 1 N–H and O–H groups in total. The number of aromatic nitrogens is 2. The van der Waals surface area contributed by atoms with Gasteiger partial charge in [-0.3, -0.25) is 14.6 Å². The highest BCUT2D eigenvalue weighted by Gasteiger charge is 2.22. The van der Waals surface area contributed by atoms with Gasteiger partial charge in [0.05, 0.1) is 38.8 Å². The Hall–Kier alpha value is -4.24. The Kier molecular flexibility index (Phi) is 5.52. The van der Waals surface area contributed by atoms with Gasteiger partial charge in [-0.15, -0.1) is 0 Å². The van der Waals surface area contributed by atoms with E-state index in [9.17, 15) is 18.0 Å². The zero-order valence-corrected chi connectivity index (χ0v) is 20.9. The average molecular weight is 502 g/mol. The lowest BCUT2D eigenvalue weighted by atomic mass is 10.1. The van der Waals surface area contributed by atoms with Crippen LogP contribution in [0.4, 0.5) is 0 Å². The maximum atomic E-state index is 13.6. The van der Waals surface area contributed by atoms with Crippen LogP contribution in [0, 0.1) is 6.92 Å². The van der Waals surface area contributed by atoms with Gasteiger partial charge in [0, 0.05) is 42.7 Å². The van der Waals surface area contributed by atoms with Crippen LogP contribution in [0.5, 0.6) is 5.75 Å². The number of fused-ring (bicyclic) bond motifs is 4. The van der Waals surface area contributed by atoms with Crippen LogP contribution in [0.2, 0.25) is 0 Å². The number of hydrogen-bond donors (Lipinski definition) is 1. The van der Waals surface area contributed by atoms with Crippen LogP contribution in [0.25, 0.3) is 32.7 Å². The second-order valence-electron chi connectivity index (χ2n) is 8.78. The summed E-state index contributed by atoms with van der Waals surface area (Å²) in [5.41, 5.74) is 2.34. The predicted octanol–water partition coefficient (Wildman–Crippen LogP) is 4.08. The van der Waals surface area contributed by atoms with Crippen molar-refractivity contribution in [3.05, 3.63) is 82.1 Å². The van der Waals surface area contributed by atoms with Gasteiger partial charge in [-0.2, -0.15) is 0 Å². The van der Waals surface area contributed by atoms with E-state index in [1.54, 1.807) is 64.5 Å². The molecule has 3 aromatic carbocycles. The van der Waals surface area contributed by atoms with E-state index in [0.29, 0.717) is 44.0 Å². The van der Waals surface area contributed by atoms with E-state index in [4.69, 9.17) is 4.74 Å². The summed E-state index contributed by atoms with van der Waals surface area (Å²) in [4.78, 5) is 34.8. The topological polar surface area (TPSA) is 109 Å². The molecule has 0 aliphatic rings. The number of pyridine rings is 2. The first-order valence-electron chi connectivity index (χ1n) is 11.1. The summed E-state index contributed by atoms with van der Waals surface area (Å²) < 4.78 is 32.6. The lowest BCUT2D eigenvalue weighted by molar-refractivity contribution is 0.0827. The van der Waals surface area contributed by atoms with Gasteiger partial charge in [0.2, 0.25) is 9.84 Å². The first-order valence-corrected chi connectivity index (χ1v) is 12.6. The molecular weight excluding hydrogens is 478 g/mol. The molecule has 2 heterocycles. The fraction of sp³-hybridized carbons (Fsp3) is 0.148. The van der Waals surface area contributed by atoms with Crippen LogP contribution in [0.15, 0.2) is 75.4 Å². The average Bonchev–Trinajstić information content (AvgIpc) is 2.87. The van der Waals surface area contributed by atoms with Gasteiger partial charge < -0.3 is 14.6 Å². The fourth-order valence-corrected chi connectivity index (χ4v) is 5.75. The molecule has 182 valence electrons. The third kappa shape index (κ3) is 3.68. The van der Waals surface area contributed by atoms with E-state index < -0.39 is 9.84 Å². The van der Waals surface area contributed by atoms with Crippen molar-refractivity contribution < 1.29 is 17.9 Å². The highest BCUT2D eigenvalue weighted by molar-refractivity contribution is 7.91. The first kappa shape index (κ1) is 23.5. The highest BCUT2D eigenvalue weighted by atomic mass is 32.2. The second kappa shape index (κ2) is 8.46. The third-order valence-corrected chi connectivity index (χ3v) is 7.95. The predicted molar refractivity (Wildman–Crippen MR) is 139 cm³/mol. The van der Waals surface area contributed by atoms with E-state index in [1.165, 1.54) is 29.3 Å². The standard InChI is InChI=1S/C27H23N3O5S/c1-15-10-19(36(33,34)18-7-5-6-16(11-18)27(32)30(2)3)13-21-24(15)28-14-22-25(21)29-23-12-17(35-4)8-9-20(23)26(22)31/h5-14H,1-4H3,(H,29,31). The first-order chi connectivity index (χ1) is 17.1. The summed E-state index contributed by atoms with van der Waals surface area (Å²) in [6.07, 6.45) is 1.51. The van der Waals surface area contributed by atoms with Gasteiger partial charge in [-0.05, 0) is 55.0 Å². The van der Waals surface area contributed by atoms with Crippen LogP contribution < -0.4 is 10.2 Å². The van der Waals surface area contributed by atoms with Crippen molar-refractivity contribution in [2.75, 3.05) is 21.2 Å². The van der Waals surface area contributed by atoms with E-state index in [-0.39, 0.29) is 26.7 Å². The van der Waals surface area contributed by atoms with E-state index in [1.807, 2.05) is 0 Å². The largest absolute Gasteiger partial charge is 0.497 e. The molecule has 5 aromatic rings. The minimum absolute atomic E-state index is 0.00539. The molecule has 0 saturated heterocycles. The zero-order chi connectivity index (χ0) is 25.8. The number of nitrogens with one attached hydrogen (secondary N) is 1. The molecule has 0 spiro atoms. The molecule has 36 heavy (non-hydrogen) atoms. The smallest absolute Gasteiger partial charge is 0.253 e. The number of sulfone groups is 1. The number of H-pyrrole nitrogens is 1. The molecule has 0 unspecified atom stereocenters. The monoisotopic (exact) mass is 501 g/mol. The molecule has 0 radical (unpaired) electrons. The van der Waals surface area contributed by atoms with Crippen molar-refractivity contribution in [2.24, 2.45) is 0 Å². The Morgan fingerprint density at radius 1 is 0.972 bits per heavy atom. The van der Waals surface area contributed by atoms with Crippen LogP contribution in [0.1, 0.15) is 15.9 Å². The third-order valence-electron chi connectivity index (χ3n) is 6.22. The Morgan fingerprint density at radius 2 is 1.75 bits per heavy atom. The van der Waals surface area contributed by atoms with Crippen molar-refractivity contribution in [1.29, 1.82) is 0 Å². The van der Waals surface area contributed by atoms with E-state index >= 15 is 0 Å². The lowest BCUT2D eigenvalue weighted by Gasteiger charge is -2.13. The Balaban J connectivity index is 1.78. The molecule has 0 bridgehead atoms. The number of rotatable bonds is 4. The molecule has 0 aliphatic heterocycles. The molecule has 2 aromatic heterocycles. The zero-order valence-electron chi connectivity index (χ0n) is 20.1. The number of methoxy groups -OCH3 is 1. The summed E-state index contributed by atoms with van der Waals surface area (Å²) in [5, 5.41) is 1.34. The maximum Gasteiger partial charge on any atom is 0.253 e. The minimum atomic E-state index is -3.98. The van der Waals surface area contributed by atoms with E-state index in [2.05, 4.69) is 9.97 Å². The number of carbonyl (C=O) groups is 1. The summed E-state index contributed by atoms with van der Waals surface area (Å²) >= 11 is 0. The number of hydrogen-bond acceptors (Lipinski definition) is 6. The number of aryl methyl sites for hydroxylation is 1. The Bertz CT molecular complexity index is 1870. The van der Waals surface area contributed by atoms with Gasteiger partial charge in [-0.1, -0.05) is 6.07 Å². The Labute approximate surface area is 207 Å². The quantitative estimate of drug-likeness (QED) is 0.294. The summed E-state index contributed by atoms with van der Waals surface area (Å²) in [6.45, 7) is 1.77. The van der Waals surface area contributed by atoms with Gasteiger partial charge >= 0.3 is 0 Å². The van der Waals surface area contributed by atoms with Crippen molar-refractivity contribution in [2.45, 2.75) is 16.7 Å². The van der Waals surface area contributed by atoms with E-state index in [0.717, 1.165) is 0 Å². The second-order valence-corrected chi connectivity index (χ2v) is 10.7. The van der Waals surface area contributed by atoms with Crippen molar-refractivity contribution in [3.63, 3.8) is 0 Å². The minimum Gasteiger partial charge on any atom is -0.497 e. The normalized spacial score (nSPS) is 11.8. The number of aromatic amines is 1. The number of nitrogens with zero attached hydrogens (tertiary/aromatic N) is 2. The molecule has 1 amide bonds. The van der Waals surface area contributed by atoms with Crippen LogP contribution >= 0.6 is 0 Å².